The van der Waals surface area contributed by atoms with Gasteiger partial charge in [-0.1, -0.05) is 99.2 Å². The van der Waals surface area contributed by atoms with E-state index in [2.05, 4.69) is 89.3 Å². The first-order chi connectivity index (χ1) is 14.9. The summed E-state index contributed by atoms with van der Waals surface area (Å²) in [5.74, 6) is 0. The molecule has 0 saturated heterocycles. The molecule has 2 rings (SSSR count). The van der Waals surface area contributed by atoms with Gasteiger partial charge in [0.1, 0.15) is 6.29 Å². The third kappa shape index (κ3) is 15.2. The van der Waals surface area contributed by atoms with Crippen molar-refractivity contribution < 1.29 is 4.79 Å². The zero-order valence-corrected chi connectivity index (χ0v) is 20.1. The molecule has 0 spiro atoms. The van der Waals surface area contributed by atoms with Crippen molar-refractivity contribution in [3.63, 3.8) is 0 Å². The first-order valence-electron chi connectivity index (χ1n) is 10.5. The highest BCUT2D eigenvalue weighted by molar-refractivity contribution is 5.60. The largest absolute Gasteiger partial charge is 0.303 e. The van der Waals surface area contributed by atoms with Crippen LogP contribution in [0.4, 0.5) is 0 Å². The maximum Gasteiger partial charge on any atom is 0.124 e. The Morgan fingerprint density at radius 2 is 1.58 bits per heavy atom. The van der Waals surface area contributed by atoms with Crippen LogP contribution in [0, 0.1) is 33.6 Å². The molecule has 0 amide bonds. The van der Waals surface area contributed by atoms with Crippen molar-refractivity contribution in [2.75, 3.05) is 0 Å². The standard InChI is InChI=1S/C14H14O.C11H14.C3H8.C2H2/c1-3-13(9-10-15)7-8-14-6-4-5-12(2)11-14;1-4-5-11-7-6-9(2)10(3)8-11;1-3-2;1-2/h4-8,10-11H,1,9H2,2H3;4-8H,1-3H3;3H2,1-2H3;1-2H/b8-7+;5-4+;;. The Morgan fingerprint density at radius 3 is 2.06 bits per heavy atom. The maximum atomic E-state index is 10.3. The van der Waals surface area contributed by atoms with Gasteiger partial charge in [0.25, 0.3) is 0 Å². The minimum absolute atomic E-state index is 0.367. The molecule has 0 aliphatic carbocycles. The van der Waals surface area contributed by atoms with E-state index in [1.54, 1.807) is 0 Å². The van der Waals surface area contributed by atoms with Gasteiger partial charge in [0.15, 0.2) is 0 Å². The van der Waals surface area contributed by atoms with Crippen LogP contribution in [0.25, 0.3) is 12.2 Å². The Bertz CT molecular complexity index is 888. The molecule has 0 fully saturated rings. The SMILES string of the molecule is C#C.C/C=C/c1ccc(C)c(C)c1.C=C=C(/C=C/c1cccc(C)c1)CC=O.CCC. The molecule has 31 heavy (non-hydrogen) atoms. The van der Waals surface area contributed by atoms with Gasteiger partial charge in [-0.3, -0.25) is 0 Å². The lowest BCUT2D eigenvalue weighted by atomic mass is 10.1. The first-order valence-corrected chi connectivity index (χ1v) is 10.5. The highest BCUT2D eigenvalue weighted by Gasteiger charge is 1.91. The molecule has 0 heterocycles. The zero-order valence-electron chi connectivity index (χ0n) is 20.1. The molecule has 0 aromatic heterocycles. The molecule has 2 aromatic rings. The summed E-state index contributed by atoms with van der Waals surface area (Å²) >= 11 is 0. The lowest BCUT2D eigenvalue weighted by Gasteiger charge is -1.99. The first kappa shape index (κ1) is 29.9. The van der Waals surface area contributed by atoms with Crippen LogP contribution in [-0.4, -0.2) is 6.29 Å². The quantitative estimate of drug-likeness (QED) is 0.208. The maximum absolute atomic E-state index is 10.3. The van der Waals surface area contributed by atoms with Gasteiger partial charge in [-0.15, -0.1) is 18.6 Å². The van der Waals surface area contributed by atoms with E-state index in [4.69, 9.17) is 0 Å². The van der Waals surface area contributed by atoms with Crippen LogP contribution in [0.3, 0.4) is 0 Å². The van der Waals surface area contributed by atoms with Crippen LogP contribution in [0.1, 0.15) is 61.4 Å². The van der Waals surface area contributed by atoms with Gasteiger partial charge in [0.2, 0.25) is 0 Å². The number of terminal acetylenes is 1. The predicted octanol–water partition coefficient (Wildman–Crippen LogP) is 8.31. The Balaban J connectivity index is 0. The number of carbonyl (C=O) groups excluding carboxylic acids is 1. The Morgan fingerprint density at radius 1 is 0.968 bits per heavy atom. The highest BCUT2D eigenvalue weighted by atomic mass is 16.1. The van der Waals surface area contributed by atoms with Crippen LogP contribution >= 0.6 is 0 Å². The predicted molar refractivity (Wildman–Crippen MR) is 140 cm³/mol. The summed E-state index contributed by atoms with van der Waals surface area (Å²) in [6.07, 6.45) is 18.5. The summed E-state index contributed by atoms with van der Waals surface area (Å²) in [4.78, 5) is 10.3. The van der Waals surface area contributed by atoms with Gasteiger partial charge in [-0.05, 0) is 49.9 Å². The fraction of sp³-hybridized carbons (Fsp3) is 0.267. The number of benzene rings is 2. The second-order valence-corrected chi connectivity index (χ2v) is 6.87. The highest BCUT2D eigenvalue weighted by Crippen LogP contribution is 2.11. The van der Waals surface area contributed by atoms with Crippen LogP contribution in [0.15, 0.2) is 72.5 Å². The summed E-state index contributed by atoms with van der Waals surface area (Å²) in [5, 5.41) is 0. The normalized spacial score (nSPS) is 9.29. The van der Waals surface area contributed by atoms with E-state index in [0.29, 0.717) is 6.42 Å². The van der Waals surface area contributed by atoms with E-state index >= 15 is 0 Å². The van der Waals surface area contributed by atoms with Crippen molar-refractivity contribution in [3.05, 3.63) is 100 Å². The number of hydrogen-bond acceptors (Lipinski definition) is 1. The Hall–Kier alpha value is -3.33. The average molecular weight is 415 g/mol. The number of hydrogen-bond donors (Lipinski definition) is 0. The number of aldehydes is 1. The van der Waals surface area contributed by atoms with Crippen LogP contribution in [-0.2, 0) is 4.79 Å². The van der Waals surface area contributed by atoms with E-state index in [9.17, 15) is 4.79 Å². The molecule has 0 saturated carbocycles. The lowest BCUT2D eigenvalue weighted by molar-refractivity contribution is -0.107. The van der Waals surface area contributed by atoms with Crippen LogP contribution in [0.5, 0.6) is 0 Å². The molecule has 2 aromatic carbocycles. The van der Waals surface area contributed by atoms with Gasteiger partial charge in [0.05, 0.1) is 0 Å². The smallest absolute Gasteiger partial charge is 0.124 e. The molecular formula is C30H38O. The van der Waals surface area contributed by atoms with E-state index in [-0.39, 0.29) is 0 Å². The molecule has 1 heteroatoms. The second-order valence-electron chi connectivity index (χ2n) is 6.87. The van der Waals surface area contributed by atoms with Crippen molar-refractivity contribution in [2.45, 2.75) is 54.4 Å². The zero-order chi connectivity index (χ0) is 24.1. The molecule has 0 unspecified atom stereocenters. The van der Waals surface area contributed by atoms with E-state index in [0.717, 1.165) is 17.4 Å². The van der Waals surface area contributed by atoms with Crippen LogP contribution in [0.2, 0.25) is 0 Å². The second kappa shape index (κ2) is 20.0. The topological polar surface area (TPSA) is 17.1 Å². The monoisotopic (exact) mass is 414 g/mol. The lowest BCUT2D eigenvalue weighted by Crippen LogP contribution is -1.80. The average Bonchev–Trinajstić information content (AvgIpc) is 2.76. The summed E-state index contributed by atoms with van der Waals surface area (Å²) in [7, 11) is 0. The third-order valence-electron chi connectivity index (χ3n) is 3.94. The minimum Gasteiger partial charge on any atom is -0.303 e. The Labute approximate surface area is 190 Å². The number of carbonyl (C=O) groups is 1. The number of aryl methyl sites for hydroxylation is 3. The van der Waals surface area contributed by atoms with E-state index in [1.165, 1.54) is 28.7 Å². The number of allylic oxidation sites excluding steroid dienone is 3. The van der Waals surface area contributed by atoms with E-state index < -0.39 is 0 Å². The molecular weight excluding hydrogens is 376 g/mol. The molecule has 0 radical (unpaired) electrons. The summed E-state index contributed by atoms with van der Waals surface area (Å²) in [5.41, 5.74) is 9.90. The molecule has 0 bridgehead atoms. The molecule has 0 aliphatic rings. The molecule has 1 nitrogen and oxygen atoms in total. The summed E-state index contributed by atoms with van der Waals surface area (Å²) < 4.78 is 0. The fourth-order valence-corrected chi connectivity index (χ4v) is 2.32. The molecule has 0 aliphatic heterocycles. The summed E-state index contributed by atoms with van der Waals surface area (Å²) in [6.45, 7) is 16.1. The van der Waals surface area contributed by atoms with Crippen molar-refractivity contribution in [2.24, 2.45) is 0 Å². The van der Waals surface area contributed by atoms with Gasteiger partial charge in [0, 0.05) is 12.0 Å². The molecule has 0 N–H and O–H groups in total. The van der Waals surface area contributed by atoms with Gasteiger partial charge >= 0.3 is 0 Å². The molecule has 164 valence electrons. The summed E-state index contributed by atoms with van der Waals surface area (Å²) in [6, 6.07) is 14.7. The van der Waals surface area contributed by atoms with Crippen LogP contribution < -0.4 is 0 Å². The van der Waals surface area contributed by atoms with E-state index in [1.807, 2.05) is 44.2 Å². The van der Waals surface area contributed by atoms with Gasteiger partial charge in [-0.2, -0.15) is 0 Å². The van der Waals surface area contributed by atoms with Crippen molar-refractivity contribution in [1.29, 1.82) is 0 Å². The minimum atomic E-state index is 0.367. The van der Waals surface area contributed by atoms with Crippen molar-refractivity contribution in [3.8, 4) is 12.8 Å². The Kier molecular flexibility index (Phi) is 19.2. The third-order valence-corrected chi connectivity index (χ3v) is 3.94. The van der Waals surface area contributed by atoms with Gasteiger partial charge in [-0.25, -0.2) is 0 Å². The molecule has 0 atom stereocenters. The van der Waals surface area contributed by atoms with Gasteiger partial charge < -0.3 is 4.79 Å². The fourth-order valence-electron chi connectivity index (χ4n) is 2.32. The number of rotatable bonds is 5. The van der Waals surface area contributed by atoms with Crippen molar-refractivity contribution in [1.82, 2.24) is 0 Å². The van der Waals surface area contributed by atoms with Crippen molar-refractivity contribution >= 4 is 18.4 Å².